The Bertz CT molecular complexity index is 381. The Hall–Kier alpha value is -1.29. The van der Waals surface area contributed by atoms with E-state index in [1.54, 1.807) is 6.07 Å². The highest BCUT2D eigenvalue weighted by Gasteiger charge is 2.12. The normalized spacial score (nSPS) is 16.1. The van der Waals surface area contributed by atoms with Crippen molar-refractivity contribution in [2.75, 3.05) is 26.2 Å². The lowest BCUT2D eigenvalue weighted by Crippen LogP contribution is -2.28. The number of carbonyl (C=O) groups is 1. The second kappa shape index (κ2) is 6.59. The van der Waals surface area contributed by atoms with E-state index in [2.05, 4.69) is 10.2 Å². The molecule has 1 aromatic heterocycles. The molecule has 1 fully saturated rings. The predicted octanol–water partition coefficient (Wildman–Crippen LogP) is 2.06. The van der Waals surface area contributed by atoms with Crippen molar-refractivity contribution >= 4 is 5.91 Å². The molecule has 1 aliphatic heterocycles. The highest BCUT2D eigenvalue weighted by molar-refractivity contribution is 5.91. The number of furan rings is 1. The van der Waals surface area contributed by atoms with Gasteiger partial charge < -0.3 is 14.6 Å². The Balaban J connectivity index is 1.65. The molecule has 0 radical (unpaired) electrons. The van der Waals surface area contributed by atoms with Gasteiger partial charge in [-0.25, -0.2) is 0 Å². The first-order valence-corrected chi connectivity index (χ1v) is 6.89. The van der Waals surface area contributed by atoms with Gasteiger partial charge in [0.05, 0.1) is 0 Å². The molecule has 0 aromatic carbocycles. The van der Waals surface area contributed by atoms with Gasteiger partial charge in [0.1, 0.15) is 5.76 Å². The summed E-state index contributed by atoms with van der Waals surface area (Å²) in [4.78, 5) is 14.2. The number of nitrogens with zero attached hydrogens (tertiary/aromatic N) is 1. The fourth-order valence-electron chi connectivity index (χ4n) is 2.29. The van der Waals surface area contributed by atoms with Gasteiger partial charge in [-0.05, 0) is 51.0 Å². The van der Waals surface area contributed by atoms with E-state index in [9.17, 15) is 4.79 Å². The smallest absolute Gasteiger partial charge is 0.286 e. The molecule has 4 heteroatoms. The Morgan fingerprint density at radius 1 is 1.39 bits per heavy atom. The van der Waals surface area contributed by atoms with E-state index in [0.717, 1.165) is 31.7 Å². The first-order chi connectivity index (χ1) is 8.79. The maximum absolute atomic E-state index is 11.8. The number of rotatable bonds is 6. The van der Waals surface area contributed by atoms with Gasteiger partial charge in [-0.2, -0.15) is 0 Å². The summed E-state index contributed by atoms with van der Waals surface area (Å²) in [6.07, 6.45) is 4.46. The summed E-state index contributed by atoms with van der Waals surface area (Å²) in [5, 5.41) is 2.90. The molecule has 0 aliphatic carbocycles. The molecule has 0 bridgehead atoms. The predicted molar refractivity (Wildman–Crippen MR) is 70.7 cm³/mol. The molecule has 1 saturated heterocycles. The van der Waals surface area contributed by atoms with Crippen LogP contribution < -0.4 is 5.32 Å². The van der Waals surface area contributed by atoms with Crippen molar-refractivity contribution in [1.29, 1.82) is 0 Å². The summed E-state index contributed by atoms with van der Waals surface area (Å²) in [6.45, 7) is 6.24. The monoisotopic (exact) mass is 250 g/mol. The van der Waals surface area contributed by atoms with E-state index in [-0.39, 0.29) is 5.91 Å². The number of likely N-dealkylation sites (tertiary alicyclic amines) is 1. The maximum atomic E-state index is 11.8. The third-order valence-corrected chi connectivity index (χ3v) is 3.37. The maximum Gasteiger partial charge on any atom is 0.286 e. The van der Waals surface area contributed by atoms with Crippen LogP contribution in [0.2, 0.25) is 0 Å². The largest absolute Gasteiger partial charge is 0.456 e. The van der Waals surface area contributed by atoms with E-state index < -0.39 is 0 Å². The summed E-state index contributed by atoms with van der Waals surface area (Å²) in [7, 11) is 0. The molecule has 2 rings (SSSR count). The van der Waals surface area contributed by atoms with Crippen LogP contribution in [0.4, 0.5) is 0 Å². The summed E-state index contributed by atoms with van der Waals surface area (Å²) in [5.74, 6) is 1.18. The summed E-state index contributed by atoms with van der Waals surface area (Å²) >= 11 is 0. The number of amides is 1. The van der Waals surface area contributed by atoms with Gasteiger partial charge in [-0.3, -0.25) is 4.79 Å². The van der Waals surface area contributed by atoms with Gasteiger partial charge in [-0.1, -0.05) is 6.92 Å². The zero-order valence-electron chi connectivity index (χ0n) is 11.1. The summed E-state index contributed by atoms with van der Waals surface area (Å²) in [5.41, 5.74) is 0. The minimum atomic E-state index is -0.101. The fourth-order valence-corrected chi connectivity index (χ4v) is 2.29. The van der Waals surface area contributed by atoms with Crippen LogP contribution in [0.5, 0.6) is 0 Å². The molecule has 0 atom stereocenters. The third-order valence-electron chi connectivity index (χ3n) is 3.37. The molecule has 4 nitrogen and oxygen atoms in total. The zero-order chi connectivity index (χ0) is 12.8. The van der Waals surface area contributed by atoms with Crippen LogP contribution in [-0.4, -0.2) is 37.0 Å². The molecule has 1 aliphatic rings. The van der Waals surface area contributed by atoms with Gasteiger partial charge in [0.25, 0.3) is 5.91 Å². The number of carbonyl (C=O) groups excluding carboxylic acids is 1. The zero-order valence-corrected chi connectivity index (χ0v) is 11.1. The lowest BCUT2D eigenvalue weighted by Gasteiger charge is -2.13. The molecule has 18 heavy (non-hydrogen) atoms. The number of hydrogen-bond acceptors (Lipinski definition) is 3. The van der Waals surface area contributed by atoms with Crippen LogP contribution in [0.25, 0.3) is 0 Å². The summed E-state index contributed by atoms with van der Waals surface area (Å²) < 4.78 is 5.40. The molecule has 100 valence electrons. The van der Waals surface area contributed by atoms with E-state index in [0.29, 0.717) is 5.76 Å². The number of nitrogens with one attached hydrogen (secondary N) is 1. The van der Waals surface area contributed by atoms with Crippen molar-refractivity contribution in [2.24, 2.45) is 0 Å². The Morgan fingerprint density at radius 3 is 2.83 bits per heavy atom. The molecule has 2 heterocycles. The highest BCUT2D eigenvalue weighted by Crippen LogP contribution is 2.09. The van der Waals surface area contributed by atoms with E-state index in [1.165, 1.54) is 25.9 Å². The van der Waals surface area contributed by atoms with Crippen LogP contribution in [0.15, 0.2) is 16.5 Å². The van der Waals surface area contributed by atoms with Crippen LogP contribution in [0.1, 0.15) is 42.5 Å². The third kappa shape index (κ3) is 3.60. The van der Waals surface area contributed by atoms with Gasteiger partial charge >= 0.3 is 0 Å². The number of aryl methyl sites for hydroxylation is 1. The second-order valence-electron chi connectivity index (χ2n) is 4.78. The second-order valence-corrected chi connectivity index (χ2v) is 4.78. The SMILES string of the molecule is CCc1ccc(C(=O)NCCCN2CCCC2)o1. The molecular weight excluding hydrogens is 228 g/mol. The van der Waals surface area contributed by atoms with Crippen molar-refractivity contribution in [1.82, 2.24) is 10.2 Å². The van der Waals surface area contributed by atoms with Crippen molar-refractivity contribution in [3.8, 4) is 0 Å². The highest BCUT2D eigenvalue weighted by atomic mass is 16.3. The molecule has 0 unspecified atom stereocenters. The Labute approximate surface area is 108 Å². The fraction of sp³-hybridized carbons (Fsp3) is 0.643. The number of hydrogen-bond donors (Lipinski definition) is 1. The quantitative estimate of drug-likeness (QED) is 0.786. The topological polar surface area (TPSA) is 45.5 Å². The average Bonchev–Trinajstić information content (AvgIpc) is 3.05. The van der Waals surface area contributed by atoms with E-state index in [4.69, 9.17) is 4.42 Å². The summed E-state index contributed by atoms with van der Waals surface area (Å²) in [6, 6.07) is 3.60. The van der Waals surface area contributed by atoms with Gasteiger partial charge in [0, 0.05) is 13.0 Å². The molecule has 1 amide bonds. The van der Waals surface area contributed by atoms with Crippen LogP contribution in [0.3, 0.4) is 0 Å². The molecule has 1 N–H and O–H groups in total. The van der Waals surface area contributed by atoms with Crippen LogP contribution in [-0.2, 0) is 6.42 Å². The standard InChI is InChI=1S/C14H22N2O2/c1-2-12-6-7-13(18-12)14(17)15-8-5-11-16-9-3-4-10-16/h6-7H,2-5,8-11H2,1H3,(H,15,17). The van der Waals surface area contributed by atoms with Crippen molar-refractivity contribution in [3.05, 3.63) is 23.7 Å². The van der Waals surface area contributed by atoms with Gasteiger partial charge in [-0.15, -0.1) is 0 Å². The van der Waals surface area contributed by atoms with Gasteiger partial charge in [0.15, 0.2) is 5.76 Å². The van der Waals surface area contributed by atoms with E-state index >= 15 is 0 Å². The molecule has 0 spiro atoms. The molecular formula is C14H22N2O2. The minimum absolute atomic E-state index is 0.101. The molecule has 0 saturated carbocycles. The lowest BCUT2D eigenvalue weighted by molar-refractivity contribution is 0.0922. The minimum Gasteiger partial charge on any atom is -0.456 e. The average molecular weight is 250 g/mol. The van der Waals surface area contributed by atoms with Gasteiger partial charge in [0.2, 0.25) is 0 Å². The first-order valence-electron chi connectivity index (χ1n) is 6.89. The first kappa shape index (κ1) is 13.1. The Morgan fingerprint density at radius 2 is 2.17 bits per heavy atom. The van der Waals surface area contributed by atoms with Crippen molar-refractivity contribution < 1.29 is 9.21 Å². The van der Waals surface area contributed by atoms with E-state index in [1.807, 2.05) is 13.0 Å². The lowest BCUT2D eigenvalue weighted by atomic mass is 10.3. The van der Waals surface area contributed by atoms with Crippen molar-refractivity contribution in [2.45, 2.75) is 32.6 Å². The molecule has 1 aromatic rings. The van der Waals surface area contributed by atoms with Crippen LogP contribution >= 0.6 is 0 Å². The van der Waals surface area contributed by atoms with Crippen LogP contribution in [0, 0.1) is 0 Å². The Kier molecular flexibility index (Phi) is 4.81. The van der Waals surface area contributed by atoms with Crippen molar-refractivity contribution in [3.63, 3.8) is 0 Å².